The molecule has 0 aliphatic heterocycles. The Morgan fingerprint density at radius 3 is 2.62 bits per heavy atom. The number of aromatic hydroxyl groups is 1. The molecule has 0 bridgehead atoms. The monoisotopic (exact) mass is 330 g/mol. The Bertz CT molecular complexity index is 563. The summed E-state index contributed by atoms with van der Waals surface area (Å²) in [6.45, 7) is 2.04. The summed E-state index contributed by atoms with van der Waals surface area (Å²) in [5.41, 5.74) is 7.07. The number of hydrogen-bond donors (Lipinski definition) is 2. The molecule has 2 saturated carbocycles. The molecule has 24 heavy (non-hydrogen) atoms. The van der Waals surface area contributed by atoms with Gasteiger partial charge in [-0.15, -0.1) is 0 Å². The number of phenolic OH excluding ortho intramolecular Hbond substituents is 1. The first-order chi connectivity index (χ1) is 11.6. The van der Waals surface area contributed by atoms with Crippen molar-refractivity contribution in [3.8, 4) is 5.75 Å². The number of nitrogens with two attached hydrogens (primary N) is 1. The lowest BCUT2D eigenvalue weighted by atomic mass is 9.71. The Morgan fingerprint density at radius 1 is 1.25 bits per heavy atom. The Kier molecular flexibility index (Phi) is 5.44. The van der Waals surface area contributed by atoms with Crippen LogP contribution in [0.25, 0.3) is 0 Å². The van der Waals surface area contributed by atoms with E-state index >= 15 is 0 Å². The molecule has 3 N–H and O–H groups in total. The molecule has 0 saturated heterocycles. The highest BCUT2D eigenvalue weighted by Crippen LogP contribution is 2.39. The summed E-state index contributed by atoms with van der Waals surface area (Å²) in [4.78, 5) is 15.0. The Hall–Kier alpha value is -1.55. The molecule has 2 aliphatic rings. The average molecular weight is 330 g/mol. The summed E-state index contributed by atoms with van der Waals surface area (Å²) in [6.07, 6.45) is 8.86. The van der Waals surface area contributed by atoms with Gasteiger partial charge in [-0.25, -0.2) is 0 Å². The molecule has 4 heteroatoms. The molecule has 0 spiro atoms. The van der Waals surface area contributed by atoms with Gasteiger partial charge in [0, 0.05) is 19.5 Å². The highest BCUT2D eigenvalue weighted by atomic mass is 16.3. The number of carbonyl (C=O) groups excluding carboxylic acids is 1. The minimum absolute atomic E-state index is 0.00988. The second kappa shape index (κ2) is 7.56. The molecular weight excluding hydrogens is 300 g/mol. The van der Waals surface area contributed by atoms with Crippen molar-refractivity contribution < 1.29 is 9.90 Å². The van der Waals surface area contributed by atoms with Crippen LogP contribution in [0.4, 0.5) is 0 Å². The third kappa shape index (κ3) is 4.50. The number of hydrogen-bond acceptors (Lipinski definition) is 3. The highest BCUT2D eigenvalue weighted by molar-refractivity contribution is 5.77. The van der Waals surface area contributed by atoms with Crippen LogP contribution in [0.5, 0.6) is 5.75 Å². The fourth-order valence-electron chi connectivity index (χ4n) is 3.93. The fourth-order valence-corrected chi connectivity index (χ4v) is 3.93. The maximum Gasteiger partial charge on any atom is 0.223 e. The van der Waals surface area contributed by atoms with Crippen molar-refractivity contribution in [3.63, 3.8) is 0 Å². The molecule has 0 unspecified atom stereocenters. The zero-order chi connectivity index (χ0) is 17.0. The Labute approximate surface area is 145 Å². The third-order valence-corrected chi connectivity index (χ3v) is 5.69. The van der Waals surface area contributed by atoms with Gasteiger partial charge in [0.05, 0.1) is 0 Å². The topological polar surface area (TPSA) is 66.6 Å². The minimum Gasteiger partial charge on any atom is -0.508 e. The van der Waals surface area contributed by atoms with Crippen LogP contribution in [0.3, 0.4) is 0 Å². The van der Waals surface area contributed by atoms with Crippen LogP contribution in [0, 0.1) is 11.3 Å². The van der Waals surface area contributed by atoms with E-state index in [1.165, 1.54) is 32.1 Å². The zero-order valence-electron chi connectivity index (χ0n) is 14.5. The van der Waals surface area contributed by atoms with Crippen molar-refractivity contribution >= 4 is 5.91 Å². The van der Waals surface area contributed by atoms with Crippen LogP contribution in [0.1, 0.15) is 56.9 Å². The van der Waals surface area contributed by atoms with Gasteiger partial charge in [0.2, 0.25) is 5.91 Å². The van der Waals surface area contributed by atoms with E-state index in [1.807, 2.05) is 17.0 Å². The first kappa shape index (κ1) is 17.3. The van der Waals surface area contributed by atoms with Gasteiger partial charge in [-0.1, -0.05) is 31.4 Å². The van der Waals surface area contributed by atoms with E-state index in [0.29, 0.717) is 25.4 Å². The zero-order valence-corrected chi connectivity index (χ0v) is 14.5. The fraction of sp³-hybridized carbons (Fsp3) is 0.650. The van der Waals surface area contributed by atoms with Crippen molar-refractivity contribution in [2.75, 3.05) is 13.1 Å². The number of nitrogens with zero attached hydrogens (tertiary/aromatic N) is 1. The van der Waals surface area contributed by atoms with Crippen LogP contribution in [0.2, 0.25) is 0 Å². The number of rotatable bonds is 7. The van der Waals surface area contributed by atoms with E-state index in [2.05, 4.69) is 0 Å². The van der Waals surface area contributed by atoms with Gasteiger partial charge in [-0.3, -0.25) is 4.79 Å². The van der Waals surface area contributed by atoms with E-state index in [1.54, 1.807) is 12.1 Å². The van der Waals surface area contributed by atoms with Gasteiger partial charge in [-0.2, -0.15) is 0 Å². The summed E-state index contributed by atoms with van der Waals surface area (Å²) in [6, 6.07) is 7.24. The van der Waals surface area contributed by atoms with E-state index < -0.39 is 0 Å². The second-order valence-corrected chi connectivity index (χ2v) is 7.83. The van der Waals surface area contributed by atoms with Crippen LogP contribution in [-0.2, 0) is 11.3 Å². The predicted molar refractivity (Wildman–Crippen MR) is 95.4 cm³/mol. The lowest BCUT2D eigenvalue weighted by Gasteiger charge is -2.37. The van der Waals surface area contributed by atoms with E-state index in [4.69, 9.17) is 5.73 Å². The van der Waals surface area contributed by atoms with E-state index in [-0.39, 0.29) is 17.1 Å². The van der Waals surface area contributed by atoms with Gasteiger partial charge in [0.1, 0.15) is 5.75 Å². The molecule has 1 aromatic carbocycles. The molecule has 3 rings (SSSR count). The first-order valence-electron chi connectivity index (χ1n) is 9.36. The van der Waals surface area contributed by atoms with E-state index in [9.17, 15) is 9.90 Å². The number of carbonyl (C=O) groups is 1. The largest absolute Gasteiger partial charge is 0.508 e. The molecule has 0 heterocycles. The first-order valence-corrected chi connectivity index (χ1v) is 9.36. The lowest BCUT2D eigenvalue weighted by Crippen LogP contribution is -2.41. The summed E-state index contributed by atoms with van der Waals surface area (Å²) in [7, 11) is 0. The molecule has 0 aromatic heterocycles. The van der Waals surface area contributed by atoms with Gasteiger partial charge in [0.25, 0.3) is 0 Å². The average Bonchev–Trinajstić information content (AvgIpc) is 3.39. The SMILES string of the molecule is NCC1(CC(=O)N(Cc2cccc(O)c2)CC2CC2)CCCCC1. The molecule has 1 amide bonds. The molecule has 4 nitrogen and oxygen atoms in total. The quantitative estimate of drug-likeness (QED) is 0.805. The Morgan fingerprint density at radius 2 is 2.00 bits per heavy atom. The molecule has 0 atom stereocenters. The van der Waals surface area contributed by atoms with Gasteiger partial charge >= 0.3 is 0 Å². The number of amides is 1. The summed E-state index contributed by atoms with van der Waals surface area (Å²) < 4.78 is 0. The summed E-state index contributed by atoms with van der Waals surface area (Å²) in [5.74, 6) is 1.15. The smallest absolute Gasteiger partial charge is 0.223 e. The van der Waals surface area contributed by atoms with Crippen molar-refractivity contribution in [1.29, 1.82) is 0 Å². The van der Waals surface area contributed by atoms with E-state index in [0.717, 1.165) is 24.9 Å². The molecule has 0 radical (unpaired) electrons. The summed E-state index contributed by atoms with van der Waals surface area (Å²) in [5, 5.41) is 9.68. The lowest BCUT2D eigenvalue weighted by molar-refractivity contribution is -0.135. The molecular formula is C20H30N2O2. The van der Waals surface area contributed by atoms with Crippen molar-refractivity contribution in [1.82, 2.24) is 4.90 Å². The summed E-state index contributed by atoms with van der Waals surface area (Å²) >= 11 is 0. The van der Waals surface area contributed by atoms with Crippen LogP contribution in [-0.4, -0.2) is 29.0 Å². The maximum atomic E-state index is 13.0. The highest BCUT2D eigenvalue weighted by Gasteiger charge is 2.35. The van der Waals surface area contributed by atoms with Crippen molar-refractivity contribution in [2.45, 2.75) is 57.9 Å². The second-order valence-electron chi connectivity index (χ2n) is 7.83. The predicted octanol–water partition coefficient (Wildman–Crippen LogP) is 3.43. The molecule has 1 aromatic rings. The van der Waals surface area contributed by atoms with Crippen LogP contribution < -0.4 is 5.73 Å². The van der Waals surface area contributed by atoms with Gasteiger partial charge < -0.3 is 15.7 Å². The number of benzene rings is 1. The normalized spacial score (nSPS) is 19.9. The van der Waals surface area contributed by atoms with Crippen LogP contribution in [0.15, 0.2) is 24.3 Å². The van der Waals surface area contributed by atoms with Crippen LogP contribution >= 0.6 is 0 Å². The standard InChI is InChI=1S/C20H30N2O2/c21-15-20(9-2-1-3-10-20)12-19(24)22(13-16-7-8-16)14-17-5-4-6-18(23)11-17/h4-6,11,16,23H,1-3,7-10,12-15,21H2. The van der Waals surface area contributed by atoms with Crippen molar-refractivity contribution in [3.05, 3.63) is 29.8 Å². The maximum absolute atomic E-state index is 13.0. The van der Waals surface area contributed by atoms with Gasteiger partial charge in [0.15, 0.2) is 0 Å². The molecule has 2 fully saturated rings. The molecule has 2 aliphatic carbocycles. The minimum atomic E-state index is 0.00988. The van der Waals surface area contributed by atoms with Crippen molar-refractivity contribution in [2.24, 2.45) is 17.1 Å². The van der Waals surface area contributed by atoms with Gasteiger partial charge in [-0.05, 0) is 61.3 Å². The molecule has 132 valence electrons. The Balaban J connectivity index is 1.68. The number of phenols is 1. The third-order valence-electron chi connectivity index (χ3n) is 5.69.